The van der Waals surface area contributed by atoms with Crippen LogP contribution in [0.4, 0.5) is 0 Å². The van der Waals surface area contributed by atoms with Crippen LogP contribution >= 0.6 is 0 Å². The van der Waals surface area contributed by atoms with Crippen LogP contribution in [-0.4, -0.2) is 6.54 Å². The molecule has 0 saturated heterocycles. The molecule has 0 bridgehead atoms. The van der Waals surface area contributed by atoms with Crippen molar-refractivity contribution in [1.82, 2.24) is 5.32 Å². The lowest BCUT2D eigenvalue weighted by atomic mass is 10.2. The van der Waals surface area contributed by atoms with E-state index in [-0.39, 0.29) is 0 Å². The molecule has 0 amide bonds. The molecule has 0 aromatic rings. The van der Waals surface area contributed by atoms with E-state index in [0.717, 1.165) is 25.8 Å². The van der Waals surface area contributed by atoms with Crippen LogP contribution in [0.1, 0.15) is 40.0 Å². The molecule has 12 heavy (non-hydrogen) atoms. The zero-order chi connectivity index (χ0) is 9.23. The normalized spacial score (nSPS) is 12.4. The van der Waals surface area contributed by atoms with E-state index >= 15 is 0 Å². The minimum absolute atomic E-state index is 1.06. The standard InChI is InChI=1S/C11H21N/c1-4-7-8-10-12-11(6-3)9-5-2/h4,7,9,12H,5-6,8,10H2,1-3H3/b7-4-,11-9+. The summed E-state index contributed by atoms with van der Waals surface area (Å²) in [6.45, 7) is 7.47. The molecule has 0 atom stereocenters. The van der Waals surface area contributed by atoms with Gasteiger partial charge in [0.25, 0.3) is 0 Å². The highest BCUT2D eigenvalue weighted by Gasteiger charge is 1.89. The maximum Gasteiger partial charge on any atom is 0.0178 e. The van der Waals surface area contributed by atoms with E-state index in [4.69, 9.17) is 0 Å². The van der Waals surface area contributed by atoms with Crippen LogP contribution in [0, 0.1) is 0 Å². The maximum atomic E-state index is 3.42. The zero-order valence-electron chi connectivity index (χ0n) is 8.56. The second kappa shape index (κ2) is 8.38. The van der Waals surface area contributed by atoms with Crippen LogP contribution in [0.2, 0.25) is 0 Å². The van der Waals surface area contributed by atoms with Crippen molar-refractivity contribution < 1.29 is 0 Å². The van der Waals surface area contributed by atoms with Gasteiger partial charge >= 0.3 is 0 Å². The first-order valence-corrected chi connectivity index (χ1v) is 4.89. The van der Waals surface area contributed by atoms with E-state index in [1.807, 2.05) is 0 Å². The molecule has 1 N–H and O–H groups in total. The first kappa shape index (κ1) is 11.3. The van der Waals surface area contributed by atoms with Gasteiger partial charge in [0.05, 0.1) is 0 Å². The van der Waals surface area contributed by atoms with Gasteiger partial charge in [0, 0.05) is 12.2 Å². The Kier molecular flexibility index (Phi) is 7.87. The van der Waals surface area contributed by atoms with Gasteiger partial charge in [0.15, 0.2) is 0 Å². The summed E-state index contributed by atoms with van der Waals surface area (Å²) in [5.74, 6) is 0. The SMILES string of the molecule is C/C=C\CCN/C(=C/CC)CC. The number of hydrogen-bond donors (Lipinski definition) is 1. The number of nitrogens with one attached hydrogen (secondary N) is 1. The fraction of sp³-hybridized carbons (Fsp3) is 0.636. The van der Waals surface area contributed by atoms with Crippen LogP contribution < -0.4 is 5.32 Å². The summed E-state index contributed by atoms with van der Waals surface area (Å²) in [4.78, 5) is 0. The summed E-state index contributed by atoms with van der Waals surface area (Å²) in [6.07, 6.45) is 9.90. The average molecular weight is 167 g/mol. The Balaban J connectivity index is 3.51. The lowest BCUT2D eigenvalue weighted by Gasteiger charge is -2.06. The summed E-state index contributed by atoms with van der Waals surface area (Å²) in [6, 6.07) is 0. The minimum Gasteiger partial charge on any atom is -0.388 e. The van der Waals surface area contributed by atoms with Crippen molar-refractivity contribution in [2.45, 2.75) is 40.0 Å². The number of hydrogen-bond acceptors (Lipinski definition) is 1. The van der Waals surface area contributed by atoms with Crippen molar-refractivity contribution in [2.75, 3.05) is 6.54 Å². The highest BCUT2D eigenvalue weighted by molar-refractivity contribution is 4.98. The molecular weight excluding hydrogens is 146 g/mol. The molecule has 0 aromatic carbocycles. The van der Waals surface area contributed by atoms with Crippen molar-refractivity contribution in [3.8, 4) is 0 Å². The minimum atomic E-state index is 1.06. The molecule has 0 fully saturated rings. The van der Waals surface area contributed by atoms with E-state index in [0.29, 0.717) is 0 Å². The molecular formula is C11H21N. The first-order valence-electron chi connectivity index (χ1n) is 4.89. The smallest absolute Gasteiger partial charge is 0.0178 e. The van der Waals surface area contributed by atoms with Crippen LogP contribution in [0.25, 0.3) is 0 Å². The van der Waals surface area contributed by atoms with Crippen LogP contribution in [-0.2, 0) is 0 Å². The molecule has 1 heteroatoms. The Bertz CT molecular complexity index is 145. The second-order valence-corrected chi connectivity index (χ2v) is 2.78. The number of allylic oxidation sites excluding steroid dienone is 3. The first-order chi connectivity index (χ1) is 5.85. The maximum absolute atomic E-state index is 3.42. The Hall–Kier alpha value is -0.720. The topological polar surface area (TPSA) is 12.0 Å². The van der Waals surface area contributed by atoms with Gasteiger partial charge < -0.3 is 5.32 Å². The molecule has 0 saturated carbocycles. The van der Waals surface area contributed by atoms with Crippen molar-refractivity contribution in [2.24, 2.45) is 0 Å². The van der Waals surface area contributed by atoms with Crippen molar-refractivity contribution in [3.63, 3.8) is 0 Å². The predicted octanol–water partition coefficient (Wildman–Crippen LogP) is 3.25. The van der Waals surface area contributed by atoms with Gasteiger partial charge in [-0.3, -0.25) is 0 Å². The Morgan fingerprint density at radius 1 is 1.33 bits per heavy atom. The molecule has 0 heterocycles. The molecule has 1 nitrogen and oxygen atoms in total. The highest BCUT2D eigenvalue weighted by atomic mass is 14.9. The molecule has 0 radical (unpaired) electrons. The summed E-state index contributed by atoms with van der Waals surface area (Å²) in [5.41, 5.74) is 1.38. The molecule has 0 unspecified atom stereocenters. The molecule has 0 aliphatic rings. The van der Waals surface area contributed by atoms with E-state index in [1.165, 1.54) is 5.70 Å². The largest absolute Gasteiger partial charge is 0.388 e. The summed E-state index contributed by atoms with van der Waals surface area (Å²) in [7, 11) is 0. The number of rotatable bonds is 6. The fourth-order valence-electron chi connectivity index (χ4n) is 1.07. The lowest BCUT2D eigenvalue weighted by molar-refractivity contribution is 0.761. The van der Waals surface area contributed by atoms with Gasteiger partial charge in [-0.1, -0.05) is 32.1 Å². The van der Waals surface area contributed by atoms with Gasteiger partial charge in [0.1, 0.15) is 0 Å². The van der Waals surface area contributed by atoms with Crippen LogP contribution in [0.5, 0.6) is 0 Å². The van der Waals surface area contributed by atoms with Gasteiger partial charge in [-0.2, -0.15) is 0 Å². The molecule has 70 valence electrons. The molecule has 0 rings (SSSR count). The van der Waals surface area contributed by atoms with Crippen LogP contribution in [0.3, 0.4) is 0 Å². The predicted molar refractivity (Wildman–Crippen MR) is 56.1 cm³/mol. The van der Waals surface area contributed by atoms with Crippen molar-refractivity contribution in [1.29, 1.82) is 0 Å². The van der Waals surface area contributed by atoms with E-state index in [2.05, 4.69) is 44.3 Å². The molecule has 0 spiro atoms. The van der Waals surface area contributed by atoms with Crippen LogP contribution in [0.15, 0.2) is 23.9 Å². The quantitative estimate of drug-likeness (QED) is 0.473. The Morgan fingerprint density at radius 2 is 2.08 bits per heavy atom. The third-order valence-electron chi connectivity index (χ3n) is 1.73. The highest BCUT2D eigenvalue weighted by Crippen LogP contribution is 1.97. The van der Waals surface area contributed by atoms with Gasteiger partial charge in [-0.05, 0) is 26.2 Å². The monoisotopic (exact) mass is 167 g/mol. The average Bonchev–Trinajstić information content (AvgIpc) is 2.10. The van der Waals surface area contributed by atoms with E-state index in [9.17, 15) is 0 Å². The third-order valence-corrected chi connectivity index (χ3v) is 1.73. The van der Waals surface area contributed by atoms with Gasteiger partial charge in [0.2, 0.25) is 0 Å². The zero-order valence-corrected chi connectivity index (χ0v) is 8.56. The summed E-state index contributed by atoms with van der Waals surface area (Å²) < 4.78 is 0. The Labute approximate surface area is 76.6 Å². The lowest BCUT2D eigenvalue weighted by Crippen LogP contribution is -2.13. The fourth-order valence-corrected chi connectivity index (χ4v) is 1.07. The van der Waals surface area contributed by atoms with Gasteiger partial charge in [-0.15, -0.1) is 0 Å². The van der Waals surface area contributed by atoms with Crippen molar-refractivity contribution in [3.05, 3.63) is 23.9 Å². The van der Waals surface area contributed by atoms with E-state index < -0.39 is 0 Å². The Morgan fingerprint density at radius 3 is 2.58 bits per heavy atom. The van der Waals surface area contributed by atoms with E-state index in [1.54, 1.807) is 0 Å². The second-order valence-electron chi connectivity index (χ2n) is 2.78. The van der Waals surface area contributed by atoms with Crippen molar-refractivity contribution >= 4 is 0 Å². The molecule has 0 aromatic heterocycles. The summed E-state index contributed by atoms with van der Waals surface area (Å²) >= 11 is 0. The van der Waals surface area contributed by atoms with Gasteiger partial charge in [-0.25, -0.2) is 0 Å². The molecule has 0 aliphatic heterocycles. The third kappa shape index (κ3) is 6.02. The molecule has 0 aliphatic carbocycles. The summed E-state index contributed by atoms with van der Waals surface area (Å²) in [5, 5.41) is 3.42.